The molecule has 0 fully saturated rings. The van der Waals surface area contributed by atoms with Crippen LogP contribution in [0, 0.1) is 6.92 Å². The molecule has 16 heavy (non-hydrogen) atoms. The number of aryl methyl sites for hydroxylation is 1. The van der Waals surface area contributed by atoms with Crippen LogP contribution in [0.5, 0.6) is 6.01 Å². The Balaban J connectivity index is 2.24. The molecular formula is C8H7ClN4OS2. The predicted molar refractivity (Wildman–Crippen MR) is 62.4 cm³/mol. The van der Waals surface area contributed by atoms with E-state index in [1.165, 1.54) is 30.2 Å². The maximum Gasteiger partial charge on any atom is 0.321 e. The molecule has 8 heteroatoms. The SMILES string of the molecule is COc1nc(Cl)nc(Sc2nc(C)cs2)n1. The van der Waals surface area contributed by atoms with Crippen molar-refractivity contribution < 1.29 is 4.74 Å². The van der Waals surface area contributed by atoms with Gasteiger partial charge in [-0.15, -0.1) is 11.3 Å². The van der Waals surface area contributed by atoms with Crippen LogP contribution in [0.4, 0.5) is 0 Å². The molecule has 2 aromatic rings. The molecule has 0 unspecified atom stereocenters. The molecule has 0 aliphatic rings. The molecule has 0 saturated heterocycles. The summed E-state index contributed by atoms with van der Waals surface area (Å²) >= 11 is 8.59. The van der Waals surface area contributed by atoms with Crippen molar-refractivity contribution in [2.45, 2.75) is 16.4 Å². The van der Waals surface area contributed by atoms with Gasteiger partial charge >= 0.3 is 6.01 Å². The standard InChI is InChI=1S/C8H7ClN4OS2/c1-4-3-15-8(10-4)16-7-12-5(9)11-6(13-7)14-2/h3H,1-2H3. The van der Waals surface area contributed by atoms with E-state index in [2.05, 4.69) is 19.9 Å². The predicted octanol–water partition coefficient (Wildman–Crippen LogP) is 2.45. The number of methoxy groups -OCH3 is 1. The highest BCUT2D eigenvalue weighted by molar-refractivity contribution is 8.00. The van der Waals surface area contributed by atoms with Crippen LogP contribution >= 0.6 is 34.7 Å². The number of aromatic nitrogens is 4. The molecule has 0 radical (unpaired) electrons. The van der Waals surface area contributed by atoms with Crippen molar-refractivity contribution >= 4 is 34.7 Å². The lowest BCUT2D eigenvalue weighted by atomic mass is 10.6. The maximum atomic E-state index is 5.73. The molecule has 0 bridgehead atoms. The Hall–Kier alpha value is -0.920. The van der Waals surface area contributed by atoms with Gasteiger partial charge in [0.25, 0.3) is 0 Å². The first-order valence-electron chi connectivity index (χ1n) is 4.23. The van der Waals surface area contributed by atoms with Gasteiger partial charge in [-0.05, 0) is 30.3 Å². The summed E-state index contributed by atoms with van der Waals surface area (Å²) in [5.41, 5.74) is 0.972. The van der Waals surface area contributed by atoms with E-state index in [0.717, 1.165) is 10.0 Å². The lowest BCUT2D eigenvalue weighted by molar-refractivity contribution is 0.373. The lowest BCUT2D eigenvalue weighted by Crippen LogP contribution is -1.96. The van der Waals surface area contributed by atoms with Crippen molar-refractivity contribution in [1.29, 1.82) is 0 Å². The summed E-state index contributed by atoms with van der Waals surface area (Å²) in [6.45, 7) is 1.93. The molecule has 84 valence electrons. The molecule has 2 rings (SSSR count). The largest absolute Gasteiger partial charge is 0.467 e. The quantitative estimate of drug-likeness (QED) is 0.857. The summed E-state index contributed by atoms with van der Waals surface area (Å²) in [5, 5.41) is 2.55. The number of halogens is 1. The fourth-order valence-electron chi connectivity index (χ4n) is 0.909. The van der Waals surface area contributed by atoms with Gasteiger partial charge in [-0.2, -0.15) is 15.0 Å². The highest BCUT2D eigenvalue weighted by atomic mass is 35.5. The molecule has 2 aromatic heterocycles. The van der Waals surface area contributed by atoms with E-state index >= 15 is 0 Å². The number of ether oxygens (including phenoxy) is 1. The second-order valence-corrected chi connectivity index (χ2v) is 5.14. The summed E-state index contributed by atoms with van der Waals surface area (Å²) in [5.74, 6) is 0. The van der Waals surface area contributed by atoms with Crippen molar-refractivity contribution in [3.8, 4) is 6.01 Å². The van der Waals surface area contributed by atoms with E-state index in [1.807, 2.05) is 12.3 Å². The highest BCUT2D eigenvalue weighted by Gasteiger charge is 2.08. The number of hydrogen-bond acceptors (Lipinski definition) is 7. The molecule has 0 aromatic carbocycles. The summed E-state index contributed by atoms with van der Waals surface area (Å²) in [4.78, 5) is 16.1. The third-order valence-corrected chi connectivity index (χ3v) is 3.62. The number of thiazole rings is 1. The molecule has 0 atom stereocenters. The fourth-order valence-corrected chi connectivity index (χ4v) is 2.79. The Kier molecular flexibility index (Phi) is 3.57. The van der Waals surface area contributed by atoms with Gasteiger partial charge in [0.2, 0.25) is 10.4 Å². The van der Waals surface area contributed by atoms with Crippen molar-refractivity contribution in [1.82, 2.24) is 19.9 Å². The third-order valence-electron chi connectivity index (χ3n) is 1.53. The van der Waals surface area contributed by atoms with Gasteiger partial charge in [-0.1, -0.05) is 0 Å². The monoisotopic (exact) mass is 274 g/mol. The van der Waals surface area contributed by atoms with Crippen LogP contribution in [0.1, 0.15) is 5.69 Å². The molecule has 0 amide bonds. The lowest BCUT2D eigenvalue weighted by Gasteiger charge is -2.00. The van der Waals surface area contributed by atoms with Gasteiger partial charge in [0.15, 0.2) is 4.34 Å². The highest BCUT2D eigenvalue weighted by Crippen LogP contribution is 2.28. The Bertz CT molecular complexity index is 505. The third kappa shape index (κ3) is 2.81. The zero-order valence-corrected chi connectivity index (χ0v) is 10.9. The van der Waals surface area contributed by atoms with E-state index < -0.39 is 0 Å². The van der Waals surface area contributed by atoms with E-state index in [0.29, 0.717) is 5.16 Å². The average molecular weight is 275 g/mol. The Morgan fingerprint density at radius 1 is 1.31 bits per heavy atom. The summed E-state index contributed by atoms with van der Waals surface area (Å²) in [6.07, 6.45) is 0. The summed E-state index contributed by atoms with van der Waals surface area (Å²) in [6, 6.07) is 0.204. The van der Waals surface area contributed by atoms with Gasteiger partial charge in [-0.3, -0.25) is 0 Å². The van der Waals surface area contributed by atoms with Crippen molar-refractivity contribution in [3.63, 3.8) is 0 Å². The van der Waals surface area contributed by atoms with Crippen LogP contribution in [-0.4, -0.2) is 27.0 Å². The van der Waals surface area contributed by atoms with Crippen molar-refractivity contribution in [2.24, 2.45) is 0 Å². The average Bonchev–Trinajstić information content (AvgIpc) is 2.63. The molecule has 0 spiro atoms. The Morgan fingerprint density at radius 3 is 2.75 bits per heavy atom. The summed E-state index contributed by atoms with van der Waals surface area (Å²) < 4.78 is 5.76. The minimum atomic E-state index is 0.114. The van der Waals surface area contributed by atoms with Gasteiger partial charge in [-0.25, -0.2) is 4.98 Å². The molecule has 5 nitrogen and oxygen atoms in total. The van der Waals surface area contributed by atoms with E-state index in [9.17, 15) is 0 Å². The Morgan fingerprint density at radius 2 is 2.12 bits per heavy atom. The van der Waals surface area contributed by atoms with E-state index in [-0.39, 0.29) is 11.3 Å². The van der Waals surface area contributed by atoms with Crippen LogP contribution in [0.2, 0.25) is 5.28 Å². The van der Waals surface area contributed by atoms with E-state index in [4.69, 9.17) is 16.3 Å². The minimum absolute atomic E-state index is 0.114. The van der Waals surface area contributed by atoms with Gasteiger partial charge < -0.3 is 4.74 Å². The van der Waals surface area contributed by atoms with E-state index in [1.54, 1.807) is 0 Å². The first-order chi connectivity index (χ1) is 7.67. The van der Waals surface area contributed by atoms with Crippen molar-refractivity contribution in [3.05, 3.63) is 16.4 Å². The topological polar surface area (TPSA) is 60.8 Å². The second-order valence-electron chi connectivity index (χ2n) is 2.73. The van der Waals surface area contributed by atoms with Crippen LogP contribution in [-0.2, 0) is 0 Å². The minimum Gasteiger partial charge on any atom is -0.467 e. The molecular weight excluding hydrogens is 268 g/mol. The Labute approximate surface area is 105 Å². The van der Waals surface area contributed by atoms with Crippen molar-refractivity contribution in [2.75, 3.05) is 7.11 Å². The van der Waals surface area contributed by atoms with Crippen LogP contribution in [0.3, 0.4) is 0 Å². The molecule has 2 heterocycles. The van der Waals surface area contributed by atoms with Crippen LogP contribution in [0.25, 0.3) is 0 Å². The number of rotatable bonds is 3. The molecule has 0 aliphatic heterocycles. The van der Waals surface area contributed by atoms with Gasteiger partial charge in [0.1, 0.15) is 0 Å². The second kappa shape index (κ2) is 4.94. The first-order valence-corrected chi connectivity index (χ1v) is 6.30. The van der Waals surface area contributed by atoms with Crippen LogP contribution < -0.4 is 4.74 Å². The maximum absolute atomic E-state index is 5.73. The fraction of sp³-hybridized carbons (Fsp3) is 0.250. The smallest absolute Gasteiger partial charge is 0.321 e. The summed E-state index contributed by atoms with van der Waals surface area (Å²) in [7, 11) is 1.48. The van der Waals surface area contributed by atoms with Gasteiger partial charge in [0.05, 0.1) is 7.11 Å². The molecule has 0 aliphatic carbocycles. The zero-order chi connectivity index (χ0) is 11.5. The van der Waals surface area contributed by atoms with Crippen LogP contribution in [0.15, 0.2) is 14.9 Å². The normalized spacial score (nSPS) is 10.4. The number of hydrogen-bond donors (Lipinski definition) is 0. The zero-order valence-electron chi connectivity index (χ0n) is 8.47. The molecule has 0 saturated carbocycles. The first kappa shape index (κ1) is 11.6. The van der Waals surface area contributed by atoms with Gasteiger partial charge in [0, 0.05) is 11.1 Å². The molecule has 0 N–H and O–H groups in total. The number of nitrogens with zero attached hydrogens (tertiary/aromatic N) is 4.